The summed E-state index contributed by atoms with van der Waals surface area (Å²) in [5, 5.41) is 19.8. The van der Waals surface area contributed by atoms with Crippen molar-refractivity contribution in [1.82, 2.24) is 9.97 Å². The fourth-order valence-corrected chi connectivity index (χ4v) is 2.62. The van der Waals surface area contributed by atoms with Crippen LogP contribution >= 0.6 is 0 Å². The molecule has 0 aliphatic heterocycles. The molecule has 0 aliphatic carbocycles. The number of aromatic nitrogens is 2. The Kier molecular flexibility index (Phi) is 3.92. The Morgan fingerprint density at radius 3 is 2.35 bits per heavy atom. The standard InChI is InChI=1S/C21H13N3O2/c22-13-14-9-11-15(12-10-14)26-21-16-5-1-3-7-18(16)23-20(24-21)17-6-2-4-8-19(17)25/h1-12,25H. The predicted molar refractivity (Wildman–Crippen MR) is 97.9 cm³/mol. The highest BCUT2D eigenvalue weighted by Gasteiger charge is 2.13. The van der Waals surface area contributed by atoms with Crippen molar-refractivity contribution in [2.24, 2.45) is 0 Å². The second kappa shape index (κ2) is 6.54. The molecule has 5 heteroatoms. The van der Waals surface area contributed by atoms with Gasteiger partial charge in [0, 0.05) is 0 Å². The Balaban J connectivity index is 1.84. The number of nitriles is 1. The van der Waals surface area contributed by atoms with Crippen molar-refractivity contribution in [2.75, 3.05) is 0 Å². The zero-order chi connectivity index (χ0) is 17.9. The molecule has 1 heterocycles. The van der Waals surface area contributed by atoms with Crippen LogP contribution in [0.1, 0.15) is 5.56 Å². The highest BCUT2D eigenvalue weighted by atomic mass is 16.5. The summed E-state index contributed by atoms with van der Waals surface area (Å²) in [5.74, 6) is 1.44. The van der Waals surface area contributed by atoms with Crippen molar-refractivity contribution in [3.8, 4) is 34.8 Å². The van der Waals surface area contributed by atoms with E-state index < -0.39 is 0 Å². The number of phenols is 1. The molecular weight excluding hydrogens is 326 g/mol. The lowest BCUT2D eigenvalue weighted by Crippen LogP contribution is -1.96. The summed E-state index contributed by atoms with van der Waals surface area (Å²) in [6.07, 6.45) is 0. The number of hydrogen-bond acceptors (Lipinski definition) is 5. The second-order valence-electron chi connectivity index (χ2n) is 5.62. The van der Waals surface area contributed by atoms with E-state index in [-0.39, 0.29) is 5.75 Å². The lowest BCUT2D eigenvalue weighted by Gasteiger charge is -2.11. The lowest BCUT2D eigenvalue weighted by molar-refractivity contribution is 0.467. The van der Waals surface area contributed by atoms with Crippen LogP contribution in [0.4, 0.5) is 0 Å². The Labute approximate surface area is 149 Å². The first-order valence-corrected chi connectivity index (χ1v) is 7.98. The first-order chi connectivity index (χ1) is 12.7. The molecule has 0 radical (unpaired) electrons. The van der Waals surface area contributed by atoms with Gasteiger partial charge in [0.15, 0.2) is 5.82 Å². The summed E-state index contributed by atoms with van der Waals surface area (Å²) in [7, 11) is 0. The number of aromatic hydroxyl groups is 1. The summed E-state index contributed by atoms with van der Waals surface area (Å²) >= 11 is 0. The monoisotopic (exact) mass is 339 g/mol. The minimum atomic E-state index is 0.104. The quantitative estimate of drug-likeness (QED) is 0.587. The van der Waals surface area contributed by atoms with Crippen LogP contribution in [0, 0.1) is 11.3 Å². The van der Waals surface area contributed by atoms with Crippen LogP contribution in [-0.4, -0.2) is 15.1 Å². The average molecular weight is 339 g/mol. The van der Waals surface area contributed by atoms with E-state index in [0.29, 0.717) is 34.1 Å². The molecule has 0 amide bonds. The van der Waals surface area contributed by atoms with E-state index in [2.05, 4.69) is 16.0 Å². The van der Waals surface area contributed by atoms with Gasteiger partial charge in [-0.2, -0.15) is 10.2 Å². The third-order valence-corrected chi connectivity index (χ3v) is 3.91. The maximum atomic E-state index is 10.1. The molecule has 1 aromatic heterocycles. The molecular formula is C21H13N3O2. The largest absolute Gasteiger partial charge is 0.507 e. The van der Waals surface area contributed by atoms with Gasteiger partial charge in [-0.05, 0) is 48.5 Å². The van der Waals surface area contributed by atoms with Crippen molar-refractivity contribution < 1.29 is 9.84 Å². The Hall–Kier alpha value is -3.91. The van der Waals surface area contributed by atoms with Gasteiger partial charge >= 0.3 is 0 Å². The Bertz CT molecular complexity index is 1130. The number of benzene rings is 3. The molecule has 3 aromatic carbocycles. The van der Waals surface area contributed by atoms with Crippen molar-refractivity contribution in [1.29, 1.82) is 5.26 Å². The minimum absolute atomic E-state index is 0.104. The lowest BCUT2D eigenvalue weighted by atomic mass is 10.1. The van der Waals surface area contributed by atoms with E-state index in [0.717, 1.165) is 5.39 Å². The molecule has 4 aromatic rings. The summed E-state index contributed by atoms with van der Waals surface area (Å²) in [6.45, 7) is 0. The molecule has 0 atom stereocenters. The maximum absolute atomic E-state index is 10.1. The molecule has 5 nitrogen and oxygen atoms in total. The van der Waals surface area contributed by atoms with E-state index in [1.807, 2.05) is 30.3 Å². The zero-order valence-electron chi connectivity index (χ0n) is 13.6. The average Bonchev–Trinajstić information content (AvgIpc) is 2.69. The van der Waals surface area contributed by atoms with E-state index in [1.165, 1.54) is 0 Å². The van der Waals surface area contributed by atoms with Crippen LogP contribution in [0.2, 0.25) is 0 Å². The van der Waals surface area contributed by atoms with Gasteiger partial charge in [-0.15, -0.1) is 0 Å². The maximum Gasteiger partial charge on any atom is 0.230 e. The van der Waals surface area contributed by atoms with Crippen LogP contribution in [0.5, 0.6) is 17.4 Å². The third-order valence-electron chi connectivity index (χ3n) is 3.91. The van der Waals surface area contributed by atoms with Crippen molar-refractivity contribution in [2.45, 2.75) is 0 Å². The first-order valence-electron chi connectivity index (χ1n) is 7.98. The first kappa shape index (κ1) is 15.6. The van der Waals surface area contributed by atoms with Gasteiger partial charge in [0.1, 0.15) is 11.5 Å². The van der Waals surface area contributed by atoms with Crippen LogP contribution in [-0.2, 0) is 0 Å². The second-order valence-corrected chi connectivity index (χ2v) is 5.62. The van der Waals surface area contributed by atoms with E-state index in [9.17, 15) is 5.11 Å². The smallest absolute Gasteiger partial charge is 0.230 e. The zero-order valence-corrected chi connectivity index (χ0v) is 13.6. The Morgan fingerprint density at radius 1 is 0.846 bits per heavy atom. The normalized spacial score (nSPS) is 10.4. The van der Waals surface area contributed by atoms with Crippen LogP contribution in [0.3, 0.4) is 0 Å². The summed E-state index contributed by atoms with van der Waals surface area (Å²) in [6, 6.07) is 23.3. The summed E-state index contributed by atoms with van der Waals surface area (Å²) in [4.78, 5) is 9.05. The van der Waals surface area contributed by atoms with Crippen LogP contribution in [0.25, 0.3) is 22.3 Å². The number of fused-ring (bicyclic) bond motifs is 1. The van der Waals surface area contributed by atoms with Gasteiger partial charge in [0.2, 0.25) is 5.88 Å². The molecule has 1 N–H and O–H groups in total. The van der Waals surface area contributed by atoms with Crippen LogP contribution < -0.4 is 4.74 Å². The topological polar surface area (TPSA) is 79.0 Å². The van der Waals surface area contributed by atoms with E-state index >= 15 is 0 Å². The van der Waals surface area contributed by atoms with Crippen LogP contribution in [0.15, 0.2) is 72.8 Å². The molecule has 0 unspecified atom stereocenters. The van der Waals surface area contributed by atoms with Crippen molar-refractivity contribution in [3.63, 3.8) is 0 Å². The molecule has 124 valence electrons. The summed E-state index contributed by atoms with van der Waals surface area (Å²) < 4.78 is 5.95. The molecule has 4 rings (SSSR count). The molecule has 0 spiro atoms. The summed E-state index contributed by atoms with van der Waals surface area (Å²) in [5.41, 5.74) is 1.80. The molecule has 0 aliphatic rings. The number of phenolic OH excluding ortho intramolecular Hbond substituents is 1. The third kappa shape index (κ3) is 2.92. The predicted octanol–water partition coefficient (Wildman–Crippen LogP) is 4.67. The number of ether oxygens (including phenoxy) is 1. The molecule has 0 saturated carbocycles. The number of hydrogen-bond donors (Lipinski definition) is 1. The fraction of sp³-hybridized carbons (Fsp3) is 0. The fourth-order valence-electron chi connectivity index (χ4n) is 2.62. The van der Waals surface area contributed by atoms with E-state index in [1.54, 1.807) is 42.5 Å². The van der Waals surface area contributed by atoms with E-state index in [4.69, 9.17) is 10.00 Å². The molecule has 0 bridgehead atoms. The van der Waals surface area contributed by atoms with Gasteiger partial charge in [0.25, 0.3) is 0 Å². The molecule has 0 fully saturated rings. The Morgan fingerprint density at radius 2 is 1.58 bits per heavy atom. The van der Waals surface area contributed by atoms with Crippen molar-refractivity contribution in [3.05, 3.63) is 78.4 Å². The van der Waals surface area contributed by atoms with Gasteiger partial charge in [-0.3, -0.25) is 0 Å². The van der Waals surface area contributed by atoms with Gasteiger partial charge in [0.05, 0.1) is 28.1 Å². The number of nitrogens with zero attached hydrogens (tertiary/aromatic N) is 3. The minimum Gasteiger partial charge on any atom is -0.507 e. The number of rotatable bonds is 3. The van der Waals surface area contributed by atoms with Gasteiger partial charge in [-0.25, -0.2) is 4.98 Å². The highest BCUT2D eigenvalue weighted by Crippen LogP contribution is 2.32. The van der Waals surface area contributed by atoms with Gasteiger partial charge < -0.3 is 9.84 Å². The number of para-hydroxylation sites is 2. The molecule has 26 heavy (non-hydrogen) atoms. The molecule has 0 saturated heterocycles. The van der Waals surface area contributed by atoms with Crippen molar-refractivity contribution >= 4 is 10.9 Å². The SMILES string of the molecule is N#Cc1ccc(Oc2nc(-c3ccccc3O)nc3ccccc23)cc1. The van der Waals surface area contributed by atoms with Gasteiger partial charge in [-0.1, -0.05) is 24.3 Å². The highest BCUT2D eigenvalue weighted by molar-refractivity contribution is 5.85.